The van der Waals surface area contributed by atoms with E-state index in [-0.39, 0.29) is 18.5 Å². The summed E-state index contributed by atoms with van der Waals surface area (Å²) in [5.74, 6) is -0.556. The monoisotopic (exact) mass is 437 g/mol. The molecule has 0 spiro atoms. The van der Waals surface area contributed by atoms with Gasteiger partial charge in [0.15, 0.2) is 0 Å². The molecule has 0 atom stereocenters. The molecule has 1 saturated heterocycles. The van der Waals surface area contributed by atoms with Gasteiger partial charge in [0.25, 0.3) is 11.8 Å². The lowest BCUT2D eigenvalue weighted by atomic mass is 10.00. The summed E-state index contributed by atoms with van der Waals surface area (Å²) in [6.07, 6.45) is 1.81. The second-order valence-electron chi connectivity index (χ2n) is 8.39. The van der Waals surface area contributed by atoms with E-state index >= 15 is 0 Å². The van der Waals surface area contributed by atoms with Crippen LogP contribution in [0.2, 0.25) is 0 Å². The van der Waals surface area contributed by atoms with Crippen LogP contribution in [0.4, 0.5) is 4.39 Å². The zero-order valence-corrected chi connectivity index (χ0v) is 18.7. The van der Waals surface area contributed by atoms with Gasteiger partial charge in [-0.05, 0) is 56.7 Å². The highest BCUT2D eigenvalue weighted by Crippen LogP contribution is 2.35. The van der Waals surface area contributed by atoms with Crippen LogP contribution >= 0.6 is 0 Å². The molecule has 2 heterocycles. The Balaban J connectivity index is 1.72. The number of halogens is 1. The molecule has 2 aromatic rings. The summed E-state index contributed by atoms with van der Waals surface area (Å²) in [6, 6.07) is 13.5. The van der Waals surface area contributed by atoms with E-state index in [1.807, 2.05) is 11.9 Å². The van der Waals surface area contributed by atoms with Crippen LogP contribution in [0.3, 0.4) is 0 Å². The minimum absolute atomic E-state index is 0.102. The zero-order valence-electron chi connectivity index (χ0n) is 18.7. The summed E-state index contributed by atoms with van der Waals surface area (Å²) in [6.45, 7) is 1.76. The number of rotatable bonds is 6. The van der Waals surface area contributed by atoms with Gasteiger partial charge in [0.2, 0.25) is 0 Å². The average Bonchev–Trinajstić information content (AvgIpc) is 3.05. The van der Waals surface area contributed by atoms with Crippen molar-refractivity contribution < 1.29 is 18.7 Å². The number of hydrogen-bond acceptors (Lipinski definition) is 5. The van der Waals surface area contributed by atoms with E-state index in [0.29, 0.717) is 28.1 Å². The van der Waals surface area contributed by atoms with Gasteiger partial charge in [-0.3, -0.25) is 14.5 Å². The fourth-order valence-corrected chi connectivity index (χ4v) is 4.41. The fraction of sp³-hybridized carbons (Fsp3) is 0.360. The summed E-state index contributed by atoms with van der Waals surface area (Å²) in [5, 5.41) is 0. The van der Waals surface area contributed by atoms with Gasteiger partial charge < -0.3 is 14.5 Å². The fourth-order valence-electron chi connectivity index (χ4n) is 4.41. The van der Waals surface area contributed by atoms with Crippen molar-refractivity contribution in [1.82, 2.24) is 14.7 Å². The van der Waals surface area contributed by atoms with Crippen molar-refractivity contribution >= 4 is 17.4 Å². The first-order chi connectivity index (χ1) is 15.4. The predicted molar refractivity (Wildman–Crippen MR) is 120 cm³/mol. The molecule has 0 N–H and O–H groups in total. The Morgan fingerprint density at radius 1 is 1.03 bits per heavy atom. The Bertz CT molecular complexity index is 1040. The van der Waals surface area contributed by atoms with E-state index in [4.69, 9.17) is 4.74 Å². The lowest BCUT2D eigenvalue weighted by Gasteiger charge is -2.36. The topological polar surface area (TPSA) is 53.1 Å². The maximum absolute atomic E-state index is 14.3. The maximum Gasteiger partial charge on any atom is 0.278 e. The molecule has 2 amide bonds. The minimum Gasteiger partial charge on any atom is -0.497 e. The Labute approximate surface area is 187 Å². The Hall–Kier alpha value is -3.19. The number of likely N-dealkylation sites (tertiary alicyclic amines) is 1. The van der Waals surface area contributed by atoms with E-state index in [9.17, 15) is 14.0 Å². The molecule has 168 valence electrons. The Kier molecular flexibility index (Phi) is 6.28. The largest absolute Gasteiger partial charge is 0.497 e. The highest BCUT2D eigenvalue weighted by Gasteiger charge is 2.42. The third-order valence-corrected chi connectivity index (χ3v) is 6.40. The first-order valence-electron chi connectivity index (χ1n) is 10.8. The molecular formula is C25H28FN3O3. The normalized spacial score (nSPS) is 17.9. The van der Waals surface area contributed by atoms with Gasteiger partial charge >= 0.3 is 0 Å². The SMILES string of the molecule is COc1ccc(C2=C(N(C)C3CCN(C)CC3)C(=O)N(Cc3ccccc3F)C2=O)cc1. The summed E-state index contributed by atoms with van der Waals surface area (Å²) in [5.41, 5.74) is 1.70. The molecule has 0 saturated carbocycles. The lowest BCUT2D eigenvalue weighted by Crippen LogP contribution is -2.43. The summed E-state index contributed by atoms with van der Waals surface area (Å²) in [4.78, 5) is 32.4. The first-order valence-corrected chi connectivity index (χ1v) is 10.8. The summed E-state index contributed by atoms with van der Waals surface area (Å²) < 4.78 is 19.5. The number of amides is 2. The molecular weight excluding hydrogens is 409 g/mol. The third-order valence-electron chi connectivity index (χ3n) is 6.40. The number of hydrogen-bond donors (Lipinski definition) is 0. The van der Waals surface area contributed by atoms with Gasteiger partial charge in [-0.25, -0.2) is 4.39 Å². The van der Waals surface area contributed by atoms with Gasteiger partial charge in [-0.15, -0.1) is 0 Å². The van der Waals surface area contributed by atoms with Crippen molar-refractivity contribution in [2.24, 2.45) is 0 Å². The van der Waals surface area contributed by atoms with Crippen molar-refractivity contribution in [2.75, 3.05) is 34.3 Å². The van der Waals surface area contributed by atoms with Crippen molar-refractivity contribution in [3.63, 3.8) is 0 Å². The average molecular weight is 438 g/mol. The van der Waals surface area contributed by atoms with Crippen molar-refractivity contribution in [3.05, 3.63) is 71.2 Å². The predicted octanol–water partition coefficient (Wildman–Crippen LogP) is 3.14. The zero-order chi connectivity index (χ0) is 22.8. The van der Waals surface area contributed by atoms with Crippen molar-refractivity contribution in [1.29, 1.82) is 0 Å². The van der Waals surface area contributed by atoms with Crippen LogP contribution in [0, 0.1) is 5.82 Å². The molecule has 32 heavy (non-hydrogen) atoms. The van der Waals surface area contributed by atoms with Crippen molar-refractivity contribution in [3.8, 4) is 5.75 Å². The number of methoxy groups -OCH3 is 1. The number of carbonyl (C=O) groups is 2. The maximum atomic E-state index is 14.3. The molecule has 0 unspecified atom stereocenters. The van der Waals surface area contributed by atoms with Crippen molar-refractivity contribution in [2.45, 2.75) is 25.4 Å². The van der Waals surface area contributed by atoms with E-state index in [1.165, 1.54) is 6.07 Å². The van der Waals surface area contributed by atoms with Crippen LogP contribution in [0.15, 0.2) is 54.2 Å². The highest BCUT2D eigenvalue weighted by molar-refractivity contribution is 6.35. The van der Waals surface area contributed by atoms with E-state index in [1.54, 1.807) is 49.6 Å². The minimum atomic E-state index is -0.434. The number of nitrogens with zero attached hydrogens (tertiary/aromatic N) is 3. The highest BCUT2D eigenvalue weighted by atomic mass is 19.1. The molecule has 0 aliphatic carbocycles. The van der Waals surface area contributed by atoms with Crippen LogP contribution < -0.4 is 4.74 Å². The summed E-state index contributed by atoms with van der Waals surface area (Å²) in [7, 11) is 5.54. The van der Waals surface area contributed by atoms with Gasteiger partial charge in [0, 0.05) is 18.7 Å². The molecule has 7 heteroatoms. The van der Waals surface area contributed by atoms with E-state index in [2.05, 4.69) is 11.9 Å². The Morgan fingerprint density at radius 2 is 1.69 bits per heavy atom. The molecule has 6 nitrogen and oxygen atoms in total. The smallest absolute Gasteiger partial charge is 0.278 e. The van der Waals surface area contributed by atoms with Gasteiger partial charge in [0.1, 0.15) is 17.3 Å². The number of ether oxygens (including phenoxy) is 1. The molecule has 1 fully saturated rings. The molecule has 0 bridgehead atoms. The van der Waals surface area contributed by atoms with Crippen LogP contribution in [0.5, 0.6) is 5.75 Å². The number of likely N-dealkylation sites (N-methyl/N-ethyl adjacent to an activating group) is 1. The van der Waals surface area contributed by atoms with Crippen LogP contribution in [-0.4, -0.2) is 66.9 Å². The third kappa shape index (κ3) is 4.12. The molecule has 0 radical (unpaired) electrons. The van der Waals surface area contributed by atoms with Gasteiger partial charge in [-0.1, -0.05) is 30.3 Å². The molecule has 2 aliphatic rings. The molecule has 0 aromatic heterocycles. The number of imide groups is 1. The van der Waals surface area contributed by atoms with Crippen LogP contribution in [0.25, 0.3) is 5.57 Å². The van der Waals surface area contributed by atoms with Gasteiger partial charge in [-0.2, -0.15) is 0 Å². The van der Waals surface area contributed by atoms with Crippen LogP contribution in [-0.2, 0) is 16.1 Å². The number of carbonyl (C=O) groups excluding carboxylic acids is 2. The molecule has 2 aliphatic heterocycles. The summed E-state index contributed by atoms with van der Waals surface area (Å²) >= 11 is 0. The second-order valence-corrected chi connectivity index (χ2v) is 8.39. The standard InChI is InChI=1S/C25H28FN3O3/c1-27-14-12-19(13-15-27)28(2)23-22(17-8-10-20(32-3)11-9-17)24(30)29(25(23)31)16-18-6-4-5-7-21(18)26/h4-11,19H,12-16H2,1-3H3. The van der Waals surface area contributed by atoms with E-state index in [0.717, 1.165) is 30.8 Å². The lowest BCUT2D eigenvalue weighted by molar-refractivity contribution is -0.138. The van der Waals surface area contributed by atoms with Crippen LogP contribution in [0.1, 0.15) is 24.0 Å². The molecule has 2 aromatic carbocycles. The van der Waals surface area contributed by atoms with Gasteiger partial charge in [0.05, 0.1) is 19.2 Å². The van der Waals surface area contributed by atoms with E-state index < -0.39 is 11.7 Å². The second kappa shape index (κ2) is 9.12. The number of benzene rings is 2. The first kappa shape index (κ1) is 22.0. The Morgan fingerprint density at radius 3 is 2.31 bits per heavy atom. The quantitative estimate of drug-likeness (QED) is 0.650. The molecule has 4 rings (SSSR count). The number of piperidine rings is 1.